The number of halogens is 4. The first-order valence-electron chi connectivity index (χ1n) is 11.2. The lowest BCUT2D eigenvalue weighted by atomic mass is 10.1. The molecule has 0 aliphatic rings. The van der Waals surface area contributed by atoms with Crippen LogP contribution in [0.5, 0.6) is 5.75 Å². The fourth-order valence-corrected chi connectivity index (χ4v) is 4.47. The molecule has 0 bridgehead atoms. The van der Waals surface area contributed by atoms with E-state index in [0.717, 1.165) is 18.4 Å². The molecule has 0 saturated heterocycles. The average Bonchev–Trinajstić information content (AvgIpc) is 2.83. The second-order valence-corrected chi connectivity index (χ2v) is 10.6. The zero-order valence-electron chi connectivity index (χ0n) is 20.8. The number of amides is 2. The summed E-state index contributed by atoms with van der Waals surface area (Å²) in [7, 11) is -2.71. The SMILES string of the molecule is CCCNC(=O)C(C)N(Cc1ccc(OC)cc1)C(=O)CN(c1ccc(Cl)c(C(F)(F)F)c1)S(C)(=O)=O. The summed E-state index contributed by atoms with van der Waals surface area (Å²) >= 11 is 5.67. The molecule has 2 amide bonds. The number of hydrogen-bond donors (Lipinski definition) is 1. The van der Waals surface area contributed by atoms with Gasteiger partial charge in [0, 0.05) is 13.1 Å². The number of anilines is 1. The van der Waals surface area contributed by atoms with Crippen molar-refractivity contribution in [1.29, 1.82) is 0 Å². The normalized spacial score (nSPS) is 12.5. The number of nitrogens with one attached hydrogen (secondary N) is 1. The third-order valence-electron chi connectivity index (χ3n) is 5.45. The number of ether oxygens (including phenoxy) is 1. The molecule has 0 aliphatic heterocycles. The Morgan fingerprint density at radius 2 is 1.76 bits per heavy atom. The van der Waals surface area contributed by atoms with Gasteiger partial charge in [-0.3, -0.25) is 13.9 Å². The van der Waals surface area contributed by atoms with Crippen molar-refractivity contribution < 1.29 is 35.9 Å². The van der Waals surface area contributed by atoms with Crippen molar-refractivity contribution >= 4 is 39.1 Å². The van der Waals surface area contributed by atoms with Gasteiger partial charge in [0.05, 0.1) is 29.6 Å². The Balaban J connectivity index is 2.45. The Kier molecular flexibility index (Phi) is 10.2. The van der Waals surface area contributed by atoms with Gasteiger partial charge in [0.25, 0.3) is 0 Å². The van der Waals surface area contributed by atoms with E-state index in [1.54, 1.807) is 24.3 Å². The molecule has 0 aromatic heterocycles. The molecular weight excluding hydrogens is 535 g/mol. The molecule has 13 heteroatoms. The third-order valence-corrected chi connectivity index (χ3v) is 6.92. The summed E-state index contributed by atoms with van der Waals surface area (Å²) in [6.45, 7) is 2.82. The maximum atomic E-state index is 13.4. The standard InChI is InChI=1S/C24H29ClF3N3O5S/c1-5-12-29-23(33)16(2)30(14-17-6-9-19(36-3)10-7-17)22(32)15-31(37(4,34)35)18-8-11-21(25)20(13-18)24(26,27)28/h6-11,13,16H,5,12,14-15H2,1-4H3,(H,29,33). The Labute approximate surface area is 219 Å². The van der Waals surface area contributed by atoms with Gasteiger partial charge in [-0.1, -0.05) is 30.7 Å². The van der Waals surface area contributed by atoms with Gasteiger partial charge < -0.3 is 15.0 Å². The van der Waals surface area contributed by atoms with Crippen LogP contribution in [0.1, 0.15) is 31.4 Å². The summed E-state index contributed by atoms with van der Waals surface area (Å²) in [6.07, 6.45) is -3.41. The van der Waals surface area contributed by atoms with Crippen LogP contribution >= 0.6 is 11.6 Å². The molecule has 1 atom stereocenters. The molecule has 0 fully saturated rings. The minimum atomic E-state index is -4.84. The van der Waals surface area contributed by atoms with E-state index >= 15 is 0 Å². The number of sulfonamides is 1. The highest BCUT2D eigenvalue weighted by molar-refractivity contribution is 7.92. The first-order valence-corrected chi connectivity index (χ1v) is 13.5. The average molecular weight is 564 g/mol. The van der Waals surface area contributed by atoms with E-state index < -0.39 is 51.2 Å². The first kappa shape index (κ1) is 30.2. The maximum absolute atomic E-state index is 13.4. The van der Waals surface area contributed by atoms with Crippen molar-refractivity contribution in [2.45, 2.75) is 39.0 Å². The van der Waals surface area contributed by atoms with Crippen molar-refractivity contribution in [3.8, 4) is 5.75 Å². The van der Waals surface area contributed by atoms with Gasteiger partial charge in [0.2, 0.25) is 21.8 Å². The van der Waals surface area contributed by atoms with Gasteiger partial charge in [0.15, 0.2) is 0 Å². The number of carbonyl (C=O) groups excluding carboxylic acids is 2. The number of nitrogens with zero attached hydrogens (tertiary/aromatic N) is 2. The van der Waals surface area contributed by atoms with Gasteiger partial charge in [0.1, 0.15) is 18.3 Å². The van der Waals surface area contributed by atoms with Crippen LogP contribution in [-0.4, -0.2) is 57.6 Å². The number of methoxy groups -OCH3 is 1. The van der Waals surface area contributed by atoms with Gasteiger partial charge in [-0.15, -0.1) is 0 Å². The van der Waals surface area contributed by atoms with E-state index in [2.05, 4.69) is 5.32 Å². The predicted octanol–water partition coefficient (Wildman–Crippen LogP) is 4.08. The number of benzene rings is 2. The van der Waals surface area contributed by atoms with E-state index in [1.807, 2.05) is 6.92 Å². The predicted molar refractivity (Wildman–Crippen MR) is 135 cm³/mol. The van der Waals surface area contributed by atoms with Crippen molar-refractivity contribution in [1.82, 2.24) is 10.2 Å². The molecule has 2 aromatic rings. The smallest absolute Gasteiger partial charge is 0.417 e. The zero-order valence-corrected chi connectivity index (χ0v) is 22.4. The van der Waals surface area contributed by atoms with Crippen LogP contribution in [0.2, 0.25) is 5.02 Å². The lowest BCUT2D eigenvalue weighted by Gasteiger charge is -2.31. The highest BCUT2D eigenvalue weighted by atomic mass is 35.5. The first-order chi connectivity index (χ1) is 17.2. The van der Waals surface area contributed by atoms with E-state index in [1.165, 1.54) is 18.9 Å². The minimum Gasteiger partial charge on any atom is -0.497 e. The highest BCUT2D eigenvalue weighted by Gasteiger charge is 2.35. The van der Waals surface area contributed by atoms with Crippen molar-refractivity contribution in [2.75, 3.05) is 30.8 Å². The quantitative estimate of drug-likeness (QED) is 0.444. The van der Waals surface area contributed by atoms with E-state index in [4.69, 9.17) is 16.3 Å². The lowest BCUT2D eigenvalue weighted by Crippen LogP contribution is -2.51. The van der Waals surface area contributed by atoms with Crippen LogP contribution < -0.4 is 14.4 Å². The molecule has 2 aromatic carbocycles. The summed E-state index contributed by atoms with van der Waals surface area (Å²) in [6, 6.07) is 8.25. The summed E-state index contributed by atoms with van der Waals surface area (Å²) in [5.41, 5.74) is -1.00. The van der Waals surface area contributed by atoms with Crippen molar-refractivity contribution in [3.63, 3.8) is 0 Å². The second kappa shape index (κ2) is 12.5. The largest absolute Gasteiger partial charge is 0.497 e. The Morgan fingerprint density at radius 3 is 2.27 bits per heavy atom. The Hall–Kier alpha value is -2.99. The summed E-state index contributed by atoms with van der Waals surface area (Å²) in [5.74, 6) is -0.675. The molecule has 1 N–H and O–H groups in total. The summed E-state index contributed by atoms with van der Waals surface area (Å²) < 4.78 is 71.0. The molecule has 0 radical (unpaired) electrons. The maximum Gasteiger partial charge on any atom is 0.417 e. The number of alkyl halides is 3. The Bertz CT molecular complexity index is 1210. The molecule has 37 heavy (non-hydrogen) atoms. The fourth-order valence-electron chi connectivity index (χ4n) is 3.41. The van der Waals surface area contributed by atoms with Crippen LogP contribution in [-0.2, 0) is 32.3 Å². The van der Waals surface area contributed by atoms with Gasteiger partial charge in [-0.2, -0.15) is 13.2 Å². The lowest BCUT2D eigenvalue weighted by molar-refractivity contribution is -0.139. The minimum absolute atomic E-state index is 0.0600. The molecule has 0 aliphatic carbocycles. The topological polar surface area (TPSA) is 96.0 Å². The molecule has 204 valence electrons. The van der Waals surface area contributed by atoms with Crippen molar-refractivity contribution in [2.24, 2.45) is 0 Å². The number of hydrogen-bond acceptors (Lipinski definition) is 5. The molecule has 8 nitrogen and oxygen atoms in total. The van der Waals surface area contributed by atoms with E-state index in [9.17, 15) is 31.2 Å². The molecule has 0 heterocycles. The summed E-state index contributed by atoms with van der Waals surface area (Å²) in [5, 5.41) is 2.08. The second-order valence-electron chi connectivity index (χ2n) is 8.27. The van der Waals surface area contributed by atoms with Crippen LogP contribution in [0, 0.1) is 0 Å². The monoisotopic (exact) mass is 563 g/mol. The van der Waals surface area contributed by atoms with Crippen LogP contribution in [0.3, 0.4) is 0 Å². The van der Waals surface area contributed by atoms with Gasteiger partial charge in [-0.05, 0) is 49.2 Å². The highest BCUT2D eigenvalue weighted by Crippen LogP contribution is 2.37. The van der Waals surface area contributed by atoms with E-state index in [-0.39, 0.29) is 12.2 Å². The molecule has 0 spiro atoms. The van der Waals surface area contributed by atoms with Gasteiger partial charge >= 0.3 is 6.18 Å². The van der Waals surface area contributed by atoms with E-state index in [0.29, 0.717) is 34.7 Å². The fraction of sp³-hybridized carbons (Fsp3) is 0.417. The Morgan fingerprint density at radius 1 is 1.14 bits per heavy atom. The molecule has 1 unspecified atom stereocenters. The van der Waals surface area contributed by atoms with Gasteiger partial charge in [-0.25, -0.2) is 8.42 Å². The van der Waals surface area contributed by atoms with Crippen LogP contribution in [0.25, 0.3) is 0 Å². The molecular formula is C24H29ClF3N3O5S. The zero-order chi connectivity index (χ0) is 28.0. The van der Waals surface area contributed by atoms with Crippen LogP contribution in [0.4, 0.5) is 18.9 Å². The number of carbonyl (C=O) groups is 2. The summed E-state index contributed by atoms with van der Waals surface area (Å²) in [4.78, 5) is 27.3. The molecule has 2 rings (SSSR count). The third kappa shape index (κ3) is 8.26. The van der Waals surface area contributed by atoms with Crippen LogP contribution in [0.15, 0.2) is 42.5 Å². The van der Waals surface area contributed by atoms with Crippen molar-refractivity contribution in [3.05, 3.63) is 58.6 Å². The molecule has 0 saturated carbocycles. The number of rotatable bonds is 11.